The van der Waals surface area contributed by atoms with E-state index in [1.165, 1.54) is 0 Å². The van der Waals surface area contributed by atoms with E-state index >= 15 is 0 Å². The highest BCUT2D eigenvalue weighted by atomic mass is 15.3. The quantitative estimate of drug-likeness (QED) is 0.295. The number of nitrogens with two attached hydrogens (primary N) is 1. The molecule has 1 aromatic rings. The molecule has 0 atom stereocenters. The van der Waals surface area contributed by atoms with Gasteiger partial charge in [0.1, 0.15) is 5.69 Å². The second-order valence-corrected chi connectivity index (χ2v) is 2.13. The summed E-state index contributed by atoms with van der Waals surface area (Å²) in [4.78, 5) is 0. The van der Waals surface area contributed by atoms with Gasteiger partial charge in [-0.1, -0.05) is 23.3 Å². The number of hydrogen-bond donors (Lipinski definition) is 1. The maximum atomic E-state index is 5.00. The van der Waals surface area contributed by atoms with E-state index in [-0.39, 0.29) is 0 Å². The van der Waals surface area contributed by atoms with E-state index in [4.69, 9.17) is 12.3 Å². The van der Waals surface area contributed by atoms with Crippen LogP contribution in [0.25, 0.3) is 0 Å². The van der Waals surface area contributed by atoms with Gasteiger partial charge in [0.25, 0.3) is 0 Å². The number of nitrogens with zero attached hydrogens (tertiary/aromatic N) is 2. The van der Waals surface area contributed by atoms with E-state index in [2.05, 4.69) is 28.1 Å². The zero-order valence-electron chi connectivity index (χ0n) is 6.86. The van der Waals surface area contributed by atoms with Crippen LogP contribution in [0.3, 0.4) is 0 Å². The van der Waals surface area contributed by atoms with Crippen molar-refractivity contribution in [3.63, 3.8) is 0 Å². The molecule has 0 unspecified atom stereocenters. The van der Waals surface area contributed by atoms with Gasteiger partial charge in [-0.3, -0.25) is 0 Å². The summed E-state index contributed by atoms with van der Waals surface area (Å²) in [6.07, 6.45) is 5.00. The van der Waals surface area contributed by atoms with Crippen LogP contribution in [-0.2, 0) is 0 Å². The normalized spacial score (nSPS) is 8.85. The van der Waals surface area contributed by atoms with Gasteiger partial charge in [0, 0.05) is 0 Å². The van der Waals surface area contributed by atoms with Gasteiger partial charge < -0.3 is 5.84 Å². The van der Waals surface area contributed by atoms with Crippen molar-refractivity contribution in [1.82, 2.24) is 0 Å². The highest BCUT2D eigenvalue weighted by Gasteiger charge is 1.94. The number of terminal acetylenes is 1. The van der Waals surface area contributed by atoms with E-state index in [0.717, 1.165) is 5.56 Å². The molecule has 3 nitrogen and oxygen atoms in total. The standard InChI is InChI=1S/C10H7N3/c1-2-3-6-9-7-4-5-8-10(9)12-13-11/h1,4-5,7-8H,(H2,11,12). The molecule has 3 heteroatoms. The monoisotopic (exact) mass is 169 g/mol. The van der Waals surface area contributed by atoms with Crippen molar-refractivity contribution >= 4 is 5.69 Å². The Balaban J connectivity index is 3.13. The van der Waals surface area contributed by atoms with E-state index < -0.39 is 0 Å². The molecule has 0 amide bonds. The summed E-state index contributed by atoms with van der Waals surface area (Å²) in [5, 5.41) is 6.87. The van der Waals surface area contributed by atoms with Crippen LogP contribution in [0, 0.1) is 24.2 Å². The number of hydrogen-bond acceptors (Lipinski definition) is 2. The molecule has 0 aliphatic rings. The van der Waals surface area contributed by atoms with Gasteiger partial charge in [0.05, 0.1) is 5.56 Å². The van der Waals surface area contributed by atoms with Gasteiger partial charge in [-0.2, -0.15) is 0 Å². The van der Waals surface area contributed by atoms with E-state index in [9.17, 15) is 0 Å². The van der Waals surface area contributed by atoms with Gasteiger partial charge in [0.15, 0.2) is 0 Å². The minimum absolute atomic E-state index is 0.618. The molecular weight excluding hydrogens is 162 g/mol. The van der Waals surface area contributed by atoms with Crippen LogP contribution in [0.1, 0.15) is 5.56 Å². The molecule has 0 saturated carbocycles. The highest BCUT2D eigenvalue weighted by molar-refractivity contribution is 5.55. The van der Waals surface area contributed by atoms with Crippen LogP contribution >= 0.6 is 0 Å². The van der Waals surface area contributed by atoms with Gasteiger partial charge in [0.2, 0.25) is 0 Å². The average molecular weight is 169 g/mol. The van der Waals surface area contributed by atoms with Crippen LogP contribution in [-0.4, -0.2) is 0 Å². The maximum Gasteiger partial charge on any atom is 0.103 e. The van der Waals surface area contributed by atoms with Crippen molar-refractivity contribution in [3.05, 3.63) is 29.8 Å². The topological polar surface area (TPSA) is 50.7 Å². The van der Waals surface area contributed by atoms with E-state index in [1.54, 1.807) is 12.1 Å². The Bertz CT molecular complexity index is 416. The van der Waals surface area contributed by atoms with Crippen molar-refractivity contribution in [2.24, 2.45) is 16.2 Å². The van der Waals surface area contributed by atoms with Crippen molar-refractivity contribution in [3.8, 4) is 24.2 Å². The van der Waals surface area contributed by atoms with Gasteiger partial charge in [-0.05, 0) is 24.0 Å². The molecule has 0 bridgehead atoms. The van der Waals surface area contributed by atoms with Crippen LogP contribution in [0.15, 0.2) is 34.6 Å². The third-order valence-corrected chi connectivity index (χ3v) is 1.34. The van der Waals surface area contributed by atoms with Gasteiger partial charge in [-0.15, -0.1) is 11.5 Å². The largest absolute Gasteiger partial charge is 0.305 e. The fourth-order valence-electron chi connectivity index (χ4n) is 0.832. The van der Waals surface area contributed by atoms with Crippen LogP contribution in [0.2, 0.25) is 0 Å². The Labute approximate surface area is 76.6 Å². The fraction of sp³-hybridized carbons (Fsp3) is 0. The molecule has 0 heterocycles. The molecule has 13 heavy (non-hydrogen) atoms. The summed E-state index contributed by atoms with van der Waals surface area (Å²) in [6.45, 7) is 0. The predicted octanol–water partition coefficient (Wildman–Crippen LogP) is 1.63. The molecular formula is C10H7N3. The second-order valence-electron chi connectivity index (χ2n) is 2.13. The maximum absolute atomic E-state index is 5.00. The molecule has 2 N–H and O–H groups in total. The Hall–Kier alpha value is -2.26. The van der Waals surface area contributed by atoms with Gasteiger partial charge >= 0.3 is 0 Å². The third kappa shape index (κ3) is 2.36. The van der Waals surface area contributed by atoms with Crippen LogP contribution in [0.5, 0.6) is 0 Å². The zero-order valence-corrected chi connectivity index (χ0v) is 6.86. The molecule has 62 valence electrons. The lowest BCUT2D eigenvalue weighted by molar-refractivity contribution is 1.06. The van der Waals surface area contributed by atoms with Crippen LogP contribution in [0.4, 0.5) is 5.69 Å². The molecule has 0 radical (unpaired) electrons. The summed E-state index contributed by atoms with van der Waals surface area (Å²) in [6, 6.07) is 7.23. The minimum Gasteiger partial charge on any atom is -0.305 e. The fourth-order valence-corrected chi connectivity index (χ4v) is 0.832. The van der Waals surface area contributed by atoms with E-state index in [0.29, 0.717) is 5.69 Å². The van der Waals surface area contributed by atoms with Crippen molar-refractivity contribution in [2.45, 2.75) is 0 Å². The first-order chi connectivity index (χ1) is 6.38. The summed E-state index contributed by atoms with van der Waals surface area (Å²) in [5.41, 5.74) is 1.34. The Morgan fingerprint density at radius 2 is 2.08 bits per heavy atom. The molecule has 1 rings (SSSR count). The zero-order chi connectivity index (χ0) is 9.52. The first kappa shape index (κ1) is 8.83. The third-order valence-electron chi connectivity index (χ3n) is 1.34. The molecule has 0 aromatic heterocycles. The summed E-state index contributed by atoms with van der Waals surface area (Å²) < 4.78 is 0. The first-order valence-corrected chi connectivity index (χ1v) is 3.55. The number of benzene rings is 1. The Morgan fingerprint density at radius 1 is 1.31 bits per heavy atom. The summed E-state index contributed by atoms with van der Waals surface area (Å²) in [7, 11) is 0. The molecule has 0 aliphatic heterocycles. The predicted molar refractivity (Wildman–Crippen MR) is 50.9 cm³/mol. The van der Waals surface area contributed by atoms with Crippen molar-refractivity contribution < 1.29 is 0 Å². The van der Waals surface area contributed by atoms with E-state index in [1.807, 2.05) is 12.1 Å². The lowest BCUT2D eigenvalue weighted by Gasteiger charge is -1.93. The molecule has 0 aliphatic carbocycles. The molecule has 0 spiro atoms. The van der Waals surface area contributed by atoms with Crippen molar-refractivity contribution in [2.75, 3.05) is 0 Å². The smallest absolute Gasteiger partial charge is 0.103 e. The molecule has 0 fully saturated rings. The second kappa shape index (κ2) is 4.58. The Kier molecular flexibility index (Phi) is 3.11. The molecule has 0 saturated heterocycles. The van der Waals surface area contributed by atoms with Crippen LogP contribution < -0.4 is 5.84 Å². The summed E-state index contributed by atoms with van der Waals surface area (Å²) in [5.74, 6) is 12.4. The average Bonchev–Trinajstić information content (AvgIpc) is 2.17. The lowest BCUT2D eigenvalue weighted by Crippen LogP contribution is -1.78. The highest BCUT2D eigenvalue weighted by Crippen LogP contribution is 2.16. The van der Waals surface area contributed by atoms with Gasteiger partial charge in [-0.25, -0.2) is 0 Å². The molecule has 1 aromatic carbocycles. The number of rotatable bonds is 1. The SMILES string of the molecule is C#CC#Cc1ccccc1N=NN. The first-order valence-electron chi connectivity index (χ1n) is 3.55. The Morgan fingerprint density at radius 3 is 2.77 bits per heavy atom. The minimum atomic E-state index is 0.618. The summed E-state index contributed by atoms with van der Waals surface area (Å²) >= 11 is 0. The lowest BCUT2D eigenvalue weighted by atomic mass is 10.2. The van der Waals surface area contributed by atoms with Crippen molar-refractivity contribution in [1.29, 1.82) is 0 Å².